The molecule has 1 rings (SSSR count). The fourth-order valence-electron chi connectivity index (χ4n) is 0.926. The average Bonchev–Trinajstić information content (AvgIpc) is 2.15. The van der Waals surface area contributed by atoms with Gasteiger partial charge in [0.15, 0.2) is 0 Å². The van der Waals surface area contributed by atoms with E-state index >= 15 is 0 Å². The summed E-state index contributed by atoms with van der Waals surface area (Å²) in [6.45, 7) is 2.14. The van der Waals surface area contributed by atoms with Crippen LogP contribution in [-0.2, 0) is 11.3 Å². The SMILES string of the molecule is C[N-]CCOCc1ccc(Br)cc1. The Bertz CT molecular complexity index is 235. The minimum absolute atomic E-state index is 0.669. The molecule has 72 valence electrons. The average molecular weight is 243 g/mol. The minimum atomic E-state index is 0.669. The van der Waals surface area contributed by atoms with E-state index in [1.54, 1.807) is 7.05 Å². The molecule has 0 spiro atoms. The molecular weight excluding hydrogens is 230 g/mol. The first-order valence-corrected chi connectivity index (χ1v) is 5.00. The van der Waals surface area contributed by atoms with E-state index in [1.165, 1.54) is 5.56 Å². The molecule has 0 saturated carbocycles. The molecule has 0 aliphatic carbocycles. The summed E-state index contributed by atoms with van der Waals surface area (Å²) in [5.41, 5.74) is 1.19. The number of hydrogen-bond donors (Lipinski definition) is 0. The molecule has 0 radical (unpaired) electrons. The van der Waals surface area contributed by atoms with Crippen molar-refractivity contribution in [1.29, 1.82) is 0 Å². The van der Waals surface area contributed by atoms with Crippen LogP contribution in [0.25, 0.3) is 5.32 Å². The summed E-state index contributed by atoms with van der Waals surface area (Å²) < 4.78 is 6.49. The van der Waals surface area contributed by atoms with Gasteiger partial charge < -0.3 is 10.1 Å². The summed E-state index contributed by atoms with van der Waals surface area (Å²) in [5, 5.41) is 3.95. The van der Waals surface area contributed by atoms with Gasteiger partial charge in [0.2, 0.25) is 0 Å². The third kappa shape index (κ3) is 4.41. The normalized spacial score (nSPS) is 10.3. The van der Waals surface area contributed by atoms with Crippen molar-refractivity contribution in [2.75, 3.05) is 20.2 Å². The molecule has 0 heterocycles. The highest BCUT2D eigenvalue weighted by atomic mass is 79.9. The zero-order valence-corrected chi connectivity index (χ0v) is 9.25. The van der Waals surface area contributed by atoms with Crippen LogP contribution in [0.2, 0.25) is 0 Å². The highest BCUT2D eigenvalue weighted by molar-refractivity contribution is 9.10. The molecule has 0 fully saturated rings. The van der Waals surface area contributed by atoms with Crippen molar-refractivity contribution in [3.63, 3.8) is 0 Å². The predicted octanol–water partition coefficient (Wildman–Crippen LogP) is 2.97. The molecule has 0 bridgehead atoms. The van der Waals surface area contributed by atoms with Gasteiger partial charge in [0.05, 0.1) is 6.61 Å². The molecule has 0 N–H and O–H groups in total. The van der Waals surface area contributed by atoms with Crippen LogP contribution >= 0.6 is 15.9 Å². The summed E-state index contributed by atoms with van der Waals surface area (Å²) >= 11 is 3.38. The number of likely N-dealkylation sites (N-methyl/N-ethyl adjacent to an activating group) is 1. The molecule has 1 aromatic carbocycles. The fraction of sp³-hybridized carbons (Fsp3) is 0.400. The summed E-state index contributed by atoms with van der Waals surface area (Å²) in [6, 6.07) is 8.13. The highest BCUT2D eigenvalue weighted by Crippen LogP contribution is 2.10. The number of ether oxygens (including phenoxy) is 1. The number of hydrogen-bond acceptors (Lipinski definition) is 1. The number of benzene rings is 1. The second-order valence-corrected chi connectivity index (χ2v) is 3.63. The zero-order chi connectivity index (χ0) is 9.52. The van der Waals surface area contributed by atoms with Gasteiger partial charge >= 0.3 is 0 Å². The van der Waals surface area contributed by atoms with Crippen molar-refractivity contribution in [2.24, 2.45) is 0 Å². The topological polar surface area (TPSA) is 23.3 Å². The van der Waals surface area contributed by atoms with Crippen LogP contribution in [0.5, 0.6) is 0 Å². The molecule has 0 atom stereocenters. The van der Waals surface area contributed by atoms with Gasteiger partial charge in [-0.25, -0.2) is 0 Å². The van der Waals surface area contributed by atoms with Crippen LogP contribution < -0.4 is 0 Å². The van der Waals surface area contributed by atoms with E-state index in [1.807, 2.05) is 24.3 Å². The fourth-order valence-corrected chi connectivity index (χ4v) is 1.19. The van der Waals surface area contributed by atoms with E-state index in [0.29, 0.717) is 13.2 Å². The molecule has 0 aromatic heterocycles. The van der Waals surface area contributed by atoms with Crippen LogP contribution in [0.3, 0.4) is 0 Å². The molecule has 0 saturated heterocycles. The van der Waals surface area contributed by atoms with E-state index < -0.39 is 0 Å². The van der Waals surface area contributed by atoms with E-state index in [9.17, 15) is 0 Å². The largest absolute Gasteiger partial charge is 0.663 e. The maximum Gasteiger partial charge on any atom is 0.0716 e. The van der Waals surface area contributed by atoms with Crippen LogP contribution in [0.4, 0.5) is 0 Å². The molecule has 3 heteroatoms. The van der Waals surface area contributed by atoms with Gasteiger partial charge in [0.25, 0.3) is 0 Å². The van der Waals surface area contributed by atoms with Crippen LogP contribution in [0.15, 0.2) is 28.7 Å². The van der Waals surface area contributed by atoms with Crippen molar-refractivity contribution in [3.05, 3.63) is 39.6 Å². The molecule has 0 aliphatic rings. The van der Waals surface area contributed by atoms with Gasteiger partial charge in [-0.05, 0) is 17.7 Å². The van der Waals surface area contributed by atoms with Gasteiger partial charge in [-0.2, -0.15) is 7.05 Å². The maximum atomic E-state index is 5.39. The lowest BCUT2D eigenvalue weighted by Crippen LogP contribution is -1.98. The lowest BCUT2D eigenvalue weighted by atomic mass is 10.2. The third-order valence-electron chi connectivity index (χ3n) is 1.64. The maximum absolute atomic E-state index is 5.39. The number of nitrogens with zero attached hydrogens (tertiary/aromatic N) is 1. The Hall–Kier alpha value is -0.380. The van der Waals surface area contributed by atoms with Crippen molar-refractivity contribution in [3.8, 4) is 0 Å². The predicted molar refractivity (Wildman–Crippen MR) is 57.9 cm³/mol. The Balaban J connectivity index is 2.25. The second kappa shape index (κ2) is 6.13. The van der Waals surface area contributed by atoms with Crippen molar-refractivity contribution >= 4 is 15.9 Å². The molecule has 0 amide bonds. The minimum Gasteiger partial charge on any atom is -0.663 e. The first kappa shape index (κ1) is 10.7. The van der Waals surface area contributed by atoms with Crippen LogP contribution in [-0.4, -0.2) is 20.2 Å². The number of rotatable bonds is 5. The first-order chi connectivity index (χ1) is 6.33. The van der Waals surface area contributed by atoms with Crippen molar-refractivity contribution in [1.82, 2.24) is 0 Å². The zero-order valence-electron chi connectivity index (χ0n) is 7.66. The Labute approximate surface area is 87.4 Å². The van der Waals surface area contributed by atoms with E-state index in [4.69, 9.17) is 4.74 Å². The molecule has 0 aliphatic heterocycles. The van der Waals surface area contributed by atoms with Crippen LogP contribution in [0.1, 0.15) is 5.56 Å². The Morgan fingerprint density at radius 3 is 2.62 bits per heavy atom. The highest BCUT2D eigenvalue weighted by Gasteiger charge is 1.91. The summed E-state index contributed by atoms with van der Waals surface area (Å²) in [4.78, 5) is 0. The van der Waals surface area contributed by atoms with Crippen LogP contribution in [0, 0.1) is 0 Å². The molecule has 1 aromatic rings. The summed E-state index contributed by atoms with van der Waals surface area (Å²) in [6.07, 6.45) is 0. The monoisotopic (exact) mass is 242 g/mol. The van der Waals surface area contributed by atoms with Gasteiger partial charge in [-0.15, -0.1) is 6.54 Å². The lowest BCUT2D eigenvalue weighted by molar-refractivity contribution is 0.131. The van der Waals surface area contributed by atoms with Crippen molar-refractivity contribution < 1.29 is 4.74 Å². The van der Waals surface area contributed by atoms with Crippen molar-refractivity contribution in [2.45, 2.75) is 6.61 Å². The van der Waals surface area contributed by atoms with Gasteiger partial charge in [0.1, 0.15) is 0 Å². The summed E-state index contributed by atoms with van der Waals surface area (Å²) in [7, 11) is 1.79. The Morgan fingerprint density at radius 2 is 2.00 bits per heavy atom. The smallest absolute Gasteiger partial charge is 0.0716 e. The molecule has 2 nitrogen and oxygen atoms in total. The second-order valence-electron chi connectivity index (χ2n) is 2.72. The van der Waals surface area contributed by atoms with E-state index in [-0.39, 0.29) is 0 Å². The Morgan fingerprint density at radius 1 is 1.31 bits per heavy atom. The van der Waals surface area contributed by atoms with Gasteiger partial charge in [-0.1, -0.05) is 28.1 Å². The van der Waals surface area contributed by atoms with E-state index in [2.05, 4.69) is 21.2 Å². The molecule has 13 heavy (non-hydrogen) atoms. The van der Waals surface area contributed by atoms with Gasteiger partial charge in [-0.3, -0.25) is 0 Å². The lowest BCUT2D eigenvalue weighted by Gasteiger charge is -2.10. The third-order valence-corrected chi connectivity index (χ3v) is 2.17. The van der Waals surface area contributed by atoms with Gasteiger partial charge in [0, 0.05) is 11.1 Å². The first-order valence-electron chi connectivity index (χ1n) is 4.20. The number of halogens is 1. The molecule has 0 unspecified atom stereocenters. The quantitative estimate of drug-likeness (QED) is 0.729. The summed E-state index contributed by atoms with van der Waals surface area (Å²) in [5.74, 6) is 0. The molecular formula is C10H13BrNO-. The standard InChI is InChI=1S/C10H13BrNO/c1-12-6-7-13-8-9-2-4-10(11)5-3-9/h2-5H,6-8H2,1H3/q-1. The van der Waals surface area contributed by atoms with E-state index in [0.717, 1.165) is 11.0 Å². The Kier molecular flexibility index (Phi) is 5.05.